The van der Waals surface area contributed by atoms with Crippen LogP contribution in [0.1, 0.15) is 106 Å². The molecule has 1 N–H and O–H groups in total. The van der Waals surface area contributed by atoms with Crippen LogP contribution >= 0.6 is 0 Å². The van der Waals surface area contributed by atoms with Crippen LogP contribution in [0.4, 0.5) is 0 Å². The van der Waals surface area contributed by atoms with Gasteiger partial charge < -0.3 is 14.6 Å². The normalized spacial score (nSPS) is 55.6. The van der Waals surface area contributed by atoms with Gasteiger partial charge in [-0.2, -0.15) is 0 Å². The second-order valence-electron chi connectivity index (χ2n) is 15.3. The molecule has 0 unspecified atom stereocenters. The van der Waals surface area contributed by atoms with Crippen LogP contribution in [0.15, 0.2) is 0 Å². The van der Waals surface area contributed by atoms with Gasteiger partial charge in [0.25, 0.3) is 0 Å². The van der Waals surface area contributed by atoms with E-state index in [1.165, 1.54) is 0 Å². The summed E-state index contributed by atoms with van der Waals surface area (Å²) in [7, 11) is 0. The average molecular weight is 485 g/mol. The number of aliphatic hydroxyl groups is 1. The van der Waals surface area contributed by atoms with Gasteiger partial charge in [-0.15, -0.1) is 0 Å². The number of rotatable bonds is 1. The van der Waals surface area contributed by atoms with E-state index in [9.17, 15) is 19.5 Å². The fourth-order valence-electron chi connectivity index (χ4n) is 11.6. The maximum atomic E-state index is 13.7. The van der Waals surface area contributed by atoms with E-state index in [2.05, 4.69) is 41.5 Å². The summed E-state index contributed by atoms with van der Waals surface area (Å²) in [5.74, 6) is 0.412. The fourth-order valence-corrected chi connectivity index (χ4v) is 11.6. The average Bonchev–Trinajstić information content (AvgIpc) is 2.95. The maximum Gasteiger partial charge on any atom is 0.313 e. The minimum atomic E-state index is -1.13. The Balaban J connectivity index is 1.53. The highest BCUT2D eigenvalue weighted by atomic mass is 16.6. The highest BCUT2D eigenvalue weighted by molar-refractivity contribution is 5.86. The highest BCUT2D eigenvalue weighted by Crippen LogP contribution is 2.80. The minimum Gasteiger partial charge on any atom is -0.454 e. The Morgan fingerprint density at radius 2 is 1.57 bits per heavy atom. The van der Waals surface area contributed by atoms with Crippen molar-refractivity contribution in [2.75, 3.05) is 0 Å². The minimum absolute atomic E-state index is 0.0516. The molecule has 0 radical (unpaired) electrons. The van der Waals surface area contributed by atoms with Gasteiger partial charge in [0.2, 0.25) is 0 Å². The van der Waals surface area contributed by atoms with E-state index in [-0.39, 0.29) is 40.0 Å². The first kappa shape index (κ1) is 24.1. The molecule has 2 bridgehead atoms. The van der Waals surface area contributed by atoms with Crippen molar-refractivity contribution in [2.45, 2.75) is 117 Å². The highest BCUT2D eigenvalue weighted by Gasteiger charge is 2.85. The lowest BCUT2D eigenvalue weighted by atomic mass is 9.30. The molecule has 5 saturated carbocycles. The van der Waals surface area contributed by atoms with Crippen molar-refractivity contribution in [3.05, 3.63) is 0 Å². The van der Waals surface area contributed by atoms with Crippen molar-refractivity contribution < 1.29 is 24.2 Å². The molecule has 0 aromatic carbocycles. The van der Waals surface area contributed by atoms with Gasteiger partial charge in [0.05, 0.1) is 16.9 Å². The Morgan fingerprint density at radius 1 is 0.886 bits per heavy atom. The number of hydrogen-bond acceptors (Lipinski definition) is 5. The molecule has 0 aromatic heterocycles. The molecule has 1 heterocycles. The zero-order chi connectivity index (χ0) is 25.4. The van der Waals surface area contributed by atoms with Crippen LogP contribution in [0, 0.1) is 50.2 Å². The quantitative estimate of drug-likeness (QED) is 0.405. The number of carbonyl (C=O) groups is 3. The predicted octanol–water partition coefficient (Wildman–Crippen LogP) is 5.27. The second-order valence-corrected chi connectivity index (χ2v) is 15.3. The Labute approximate surface area is 210 Å². The summed E-state index contributed by atoms with van der Waals surface area (Å²) in [4.78, 5) is 40.2. The number of ketones is 1. The molecule has 6 rings (SSSR count). The van der Waals surface area contributed by atoms with Crippen molar-refractivity contribution in [3.8, 4) is 0 Å². The first-order valence-corrected chi connectivity index (χ1v) is 14.1. The molecule has 9 atom stereocenters. The van der Waals surface area contributed by atoms with Gasteiger partial charge in [0, 0.05) is 17.8 Å². The Bertz CT molecular complexity index is 1010. The van der Waals surface area contributed by atoms with Gasteiger partial charge in [0.1, 0.15) is 12.1 Å². The summed E-state index contributed by atoms with van der Waals surface area (Å²) in [6, 6.07) is 0. The van der Waals surface area contributed by atoms with E-state index in [1.54, 1.807) is 0 Å². The molecule has 0 amide bonds. The van der Waals surface area contributed by atoms with Gasteiger partial charge >= 0.3 is 5.97 Å². The molecule has 6 aliphatic rings. The van der Waals surface area contributed by atoms with Gasteiger partial charge in [-0.25, -0.2) is 0 Å². The zero-order valence-electron chi connectivity index (χ0n) is 22.5. The van der Waals surface area contributed by atoms with Crippen LogP contribution in [-0.4, -0.2) is 34.9 Å². The molecule has 5 heteroatoms. The van der Waals surface area contributed by atoms with Gasteiger partial charge in [-0.1, -0.05) is 41.5 Å². The summed E-state index contributed by atoms with van der Waals surface area (Å²) < 4.78 is 6.48. The Morgan fingerprint density at radius 3 is 2.26 bits per heavy atom. The topological polar surface area (TPSA) is 80.7 Å². The van der Waals surface area contributed by atoms with Crippen molar-refractivity contribution in [1.82, 2.24) is 0 Å². The van der Waals surface area contributed by atoms with Crippen molar-refractivity contribution in [3.63, 3.8) is 0 Å². The predicted molar refractivity (Wildman–Crippen MR) is 131 cm³/mol. The van der Waals surface area contributed by atoms with Gasteiger partial charge in [0.15, 0.2) is 5.60 Å². The van der Waals surface area contributed by atoms with Crippen LogP contribution in [-0.2, 0) is 19.1 Å². The second kappa shape index (κ2) is 6.60. The van der Waals surface area contributed by atoms with E-state index in [0.717, 1.165) is 44.8 Å². The first-order valence-electron chi connectivity index (χ1n) is 14.1. The molecule has 5 nitrogen and oxygen atoms in total. The molecule has 1 saturated heterocycles. The van der Waals surface area contributed by atoms with Crippen molar-refractivity contribution in [1.29, 1.82) is 0 Å². The first-order chi connectivity index (χ1) is 16.2. The van der Waals surface area contributed by atoms with Crippen LogP contribution in [0.5, 0.6) is 0 Å². The molecule has 5 aliphatic carbocycles. The molecular weight excluding hydrogens is 440 g/mol. The third kappa shape index (κ3) is 2.40. The van der Waals surface area contributed by atoms with E-state index >= 15 is 0 Å². The van der Waals surface area contributed by atoms with Crippen molar-refractivity contribution in [2.24, 2.45) is 50.2 Å². The third-order valence-electron chi connectivity index (χ3n) is 13.5. The molecule has 6 fully saturated rings. The van der Waals surface area contributed by atoms with Gasteiger partial charge in [-0.3, -0.25) is 9.59 Å². The maximum absolute atomic E-state index is 13.7. The summed E-state index contributed by atoms with van der Waals surface area (Å²) in [5, 5.41) is 12.1. The Hall–Kier alpha value is -1.23. The largest absolute Gasteiger partial charge is 0.454 e. The number of hydrogen-bond donors (Lipinski definition) is 1. The van der Waals surface area contributed by atoms with Crippen LogP contribution < -0.4 is 0 Å². The number of aliphatic hydroxyl groups excluding tert-OH is 1. The van der Waals surface area contributed by atoms with Crippen molar-refractivity contribution >= 4 is 18.0 Å². The summed E-state index contributed by atoms with van der Waals surface area (Å²) in [5.41, 5.74) is -3.42. The molecule has 0 aromatic rings. The SMILES string of the molecule is CC1(C)CC[C@@]23CC[C@]4(C=O)[C@@](OC2=O)([C@@H]3C1)[C@@H](O)C[C@@H]1[C@@]2(C)CCC(=O)C(C)(C)[C@@H]2CC[C@]14C. The lowest BCUT2D eigenvalue weighted by Gasteiger charge is -2.73. The zero-order valence-corrected chi connectivity index (χ0v) is 22.5. The molecule has 194 valence electrons. The smallest absolute Gasteiger partial charge is 0.313 e. The summed E-state index contributed by atoms with van der Waals surface area (Å²) >= 11 is 0. The number of carbonyl (C=O) groups excluding carboxylic acids is 3. The lowest BCUT2D eigenvalue weighted by molar-refractivity contribution is -0.301. The summed E-state index contributed by atoms with van der Waals surface area (Å²) in [6.07, 6.45) is 7.83. The number of fused-ring (bicyclic) bond motifs is 4. The van der Waals surface area contributed by atoms with E-state index in [1.807, 2.05) is 0 Å². The van der Waals surface area contributed by atoms with E-state index < -0.39 is 27.9 Å². The third-order valence-corrected chi connectivity index (χ3v) is 13.5. The molecule has 1 aliphatic heterocycles. The molecule has 35 heavy (non-hydrogen) atoms. The molecular formula is C30H44O5. The van der Waals surface area contributed by atoms with Crippen LogP contribution in [0.3, 0.4) is 0 Å². The number of ether oxygens (including phenoxy) is 1. The number of esters is 1. The van der Waals surface area contributed by atoms with Gasteiger partial charge in [-0.05, 0) is 85.9 Å². The van der Waals surface area contributed by atoms with Crippen LogP contribution in [0.2, 0.25) is 0 Å². The standard InChI is InChI=1S/C30H44O5/c1-24(2)11-12-28-13-14-29(17-31)27(6)10-7-18-25(3,4)21(32)8-9-26(18,5)19(27)15-22(33)30(29,20(28)16-24)35-23(28)34/h17-20,22,33H,7-16H2,1-6H3/t18-,19+,20+,22-,26-,27+,28-,29+,30+/m0/s1. The monoisotopic (exact) mass is 484 g/mol. The molecule has 1 spiro atoms. The van der Waals surface area contributed by atoms with Crippen LogP contribution in [0.25, 0.3) is 0 Å². The number of aldehydes is 1. The Kier molecular flexibility index (Phi) is 4.55. The number of Topliss-reactive ketones (excluding diaryl/α,β-unsaturated/α-hetero) is 1. The fraction of sp³-hybridized carbons (Fsp3) is 0.900. The lowest BCUT2D eigenvalue weighted by Crippen LogP contribution is -2.77. The summed E-state index contributed by atoms with van der Waals surface area (Å²) in [6.45, 7) is 13.3. The van der Waals surface area contributed by atoms with E-state index in [0.29, 0.717) is 31.5 Å². The van der Waals surface area contributed by atoms with E-state index in [4.69, 9.17) is 4.74 Å².